The molecule has 0 aromatic rings. The smallest absolute Gasteiger partial charge is 0.227 e. The van der Waals surface area contributed by atoms with E-state index in [1.54, 1.807) is 7.05 Å². The summed E-state index contributed by atoms with van der Waals surface area (Å²) in [5.74, 6) is 0.850. The highest BCUT2D eigenvalue weighted by molar-refractivity contribution is 8.57. The van der Waals surface area contributed by atoms with Gasteiger partial charge in [-0.15, -0.1) is 0 Å². The van der Waals surface area contributed by atoms with Gasteiger partial charge in [0.25, 0.3) is 0 Å². The molecule has 0 spiro atoms. The zero-order valence-electron chi connectivity index (χ0n) is 7.82. The van der Waals surface area contributed by atoms with Gasteiger partial charge in [0.2, 0.25) is 12.9 Å². The maximum Gasteiger partial charge on any atom is 0.227 e. The van der Waals surface area contributed by atoms with Crippen LogP contribution in [0.5, 0.6) is 0 Å². The number of amides is 1. The van der Waals surface area contributed by atoms with Gasteiger partial charge >= 0.3 is 0 Å². The van der Waals surface area contributed by atoms with Crippen LogP contribution in [0, 0.1) is 0 Å². The Morgan fingerprint density at radius 2 is 2.08 bits per heavy atom. The number of rotatable bonds is 6. The summed E-state index contributed by atoms with van der Waals surface area (Å²) in [6.45, 7) is 1.46. The van der Waals surface area contributed by atoms with Gasteiger partial charge in [-0.1, -0.05) is 25.2 Å². The summed E-state index contributed by atoms with van der Waals surface area (Å²) in [5, 5.41) is 0. The summed E-state index contributed by atoms with van der Waals surface area (Å²) < 4.78 is 13.2. The van der Waals surface area contributed by atoms with Gasteiger partial charge in [-0.05, 0) is 6.42 Å². The van der Waals surface area contributed by atoms with Gasteiger partial charge < -0.3 is 0 Å². The van der Waals surface area contributed by atoms with E-state index in [-0.39, 0.29) is 0 Å². The molecule has 0 bridgehead atoms. The summed E-state index contributed by atoms with van der Waals surface area (Å²) in [5.41, 5.74) is 0. The fourth-order valence-corrected chi connectivity index (χ4v) is 4.75. The van der Waals surface area contributed by atoms with Gasteiger partial charge in [-0.3, -0.25) is 14.0 Å². The van der Waals surface area contributed by atoms with Crippen LogP contribution in [0.3, 0.4) is 0 Å². The second-order valence-corrected chi connectivity index (χ2v) is 8.16. The number of carbonyl (C=O) groups excluding carboxylic acids is 1. The predicted molar refractivity (Wildman–Crippen MR) is 54.7 cm³/mol. The first-order valence-corrected chi connectivity index (χ1v) is 7.46. The monoisotopic (exact) mass is 209 g/mol. The van der Waals surface area contributed by atoms with Crippen LogP contribution in [0.25, 0.3) is 0 Å². The van der Waals surface area contributed by atoms with E-state index in [2.05, 4.69) is 0 Å². The largest absolute Gasteiger partial charge is 0.291 e. The van der Waals surface area contributed by atoms with Gasteiger partial charge in [0.15, 0.2) is 0 Å². The molecule has 0 heterocycles. The van der Waals surface area contributed by atoms with E-state index in [1.807, 2.05) is 13.8 Å². The molecule has 0 N–H and O–H groups in total. The van der Waals surface area contributed by atoms with Crippen LogP contribution >= 0.6 is 17.9 Å². The lowest BCUT2D eigenvalue weighted by Crippen LogP contribution is -2.12. The van der Waals surface area contributed by atoms with Crippen molar-refractivity contribution >= 4 is 24.3 Å². The van der Waals surface area contributed by atoms with Crippen molar-refractivity contribution in [2.24, 2.45) is 0 Å². The molecule has 0 aliphatic rings. The van der Waals surface area contributed by atoms with Gasteiger partial charge in [0.05, 0.1) is 0 Å². The summed E-state index contributed by atoms with van der Waals surface area (Å²) in [7, 11) is 1.58. The van der Waals surface area contributed by atoms with Crippen LogP contribution in [-0.4, -0.2) is 30.0 Å². The van der Waals surface area contributed by atoms with Crippen molar-refractivity contribution in [1.82, 2.24) is 4.67 Å². The van der Waals surface area contributed by atoms with E-state index in [0.29, 0.717) is 12.6 Å². The van der Waals surface area contributed by atoms with Gasteiger partial charge in [-0.2, -0.15) is 0 Å². The van der Waals surface area contributed by atoms with Crippen molar-refractivity contribution in [3.63, 3.8) is 0 Å². The van der Waals surface area contributed by atoms with E-state index in [4.69, 9.17) is 0 Å². The second-order valence-electron chi connectivity index (χ2n) is 2.47. The Morgan fingerprint density at radius 1 is 1.50 bits per heavy atom. The second kappa shape index (κ2) is 5.65. The third-order valence-corrected chi connectivity index (χ3v) is 7.68. The van der Waals surface area contributed by atoms with Crippen molar-refractivity contribution in [1.29, 1.82) is 0 Å². The zero-order valence-corrected chi connectivity index (χ0v) is 9.53. The van der Waals surface area contributed by atoms with Crippen molar-refractivity contribution in [2.45, 2.75) is 20.3 Å². The normalized spacial score (nSPS) is 15.2. The van der Waals surface area contributed by atoms with E-state index < -0.39 is 6.49 Å². The Morgan fingerprint density at radius 3 is 2.42 bits per heavy atom. The Bertz CT molecular complexity index is 186. The average molecular weight is 209 g/mol. The minimum absolute atomic E-state index is 0.549. The van der Waals surface area contributed by atoms with Crippen LogP contribution < -0.4 is 0 Å². The molecular weight excluding hydrogens is 193 g/mol. The van der Waals surface area contributed by atoms with Gasteiger partial charge in [0, 0.05) is 19.0 Å². The summed E-state index contributed by atoms with van der Waals surface area (Å²) in [4.78, 5) is 10.4. The van der Waals surface area contributed by atoms with E-state index in [1.165, 1.54) is 16.1 Å². The first kappa shape index (κ1) is 12.0. The quantitative estimate of drug-likeness (QED) is 0.498. The Kier molecular flexibility index (Phi) is 5.68. The van der Waals surface area contributed by atoms with E-state index >= 15 is 0 Å². The van der Waals surface area contributed by atoms with Crippen molar-refractivity contribution in [3.8, 4) is 0 Å². The molecule has 0 saturated carbocycles. The molecule has 0 rings (SSSR count). The highest BCUT2D eigenvalue weighted by Crippen LogP contribution is 2.59. The van der Waals surface area contributed by atoms with Crippen molar-refractivity contribution < 1.29 is 9.36 Å². The standard InChI is InChI=1S/C7H16NO2PS/c1-4-6-12-11(10,5-2)8(3)7-9/h7H,4-6H2,1-3H3. The molecule has 5 heteroatoms. The van der Waals surface area contributed by atoms with Crippen LogP contribution in [0.2, 0.25) is 0 Å². The molecule has 1 unspecified atom stereocenters. The Hall–Kier alpha value is 0.0500. The highest BCUT2D eigenvalue weighted by atomic mass is 32.7. The van der Waals surface area contributed by atoms with Crippen molar-refractivity contribution in [2.75, 3.05) is 19.0 Å². The minimum atomic E-state index is -2.43. The number of hydrogen-bond donors (Lipinski definition) is 0. The van der Waals surface area contributed by atoms with Crippen LogP contribution in [-0.2, 0) is 9.36 Å². The van der Waals surface area contributed by atoms with E-state index in [9.17, 15) is 9.36 Å². The summed E-state index contributed by atoms with van der Waals surface area (Å²) in [6, 6.07) is 0. The molecule has 0 aromatic heterocycles. The van der Waals surface area contributed by atoms with Gasteiger partial charge in [0.1, 0.15) is 0 Å². The van der Waals surface area contributed by atoms with Crippen LogP contribution in [0.4, 0.5) is 0 Å². The van der Waals surface area contributed by atoms with E-state index in [0.717, 1.165) is 12.2 Å². The lowest BCUT2D eigenvalue weighted by molar-refractivity contribution is -0.113. The Balaban J connectivity index is 4.23. The zero-order chi connectivity index (χ0) is 9.61. The Labute approximate surface area is 78.1 Å². The molecule has 3 nitrogen and oxygen atoms in total. The summed E-state index contributed by atoms with van der Waals surface area (Å²) >= 11 is 1.41. The van der Waals surface area contributed by atoms with Crippen molar-refractivity contribution in [3.05, 3.63) is 0 Å². The topological polar surface area (TPSA) is 37.4 Å². The third-order valence-electron chi connectivity index (χ3n) is 1.53. The summed E-state index contributed by atoms with van der Waals surface area (Å²) in [6.07, 6.45) is 2.18. The maximum atomic E-state index is 11.9. The molecule has 12 heavy (non-hydrogen) atoms. The molecule has 0 radical (unpaired) electrons. The highest BCUT2D eigenvalue weighted by Gasteiger charge is 2.24. The molecule has 0 aliphatic heterocycles. The molecular formula is C7H16NO2PS. The third kappa shape index (κ3) is 3.20. The molecule has 0 aliphatic carbocycles. The number of carbonyl (C=O) groups is 1. The molecule has 0 fully saturated rings. The molecule has 72 valence electrons. The van der Waals surface area contributed by atoms with Crippen LogP contribution in [0.15, 0.2) is 0 Å². The van der Waals surface area contributed by atoms with Crippen LogP contribution in [0.1, 0.15) is 20.3 Å². The maximum absolute atomic E-state index is 11.9. The predicted octanol–water partition coefficient (Wildman–Crippen LogP) is 2.43. The molecule has 1 amide bonds. The molecule has 1 atom stereocenters. The molecule has 0 saturated heterocycles. The van der Waals surface area contributed by atoms with Gasteiger partial charge in [-0.25, -0.2) is 0 Å². The SMILES string of the molecule is CCCSP(=O)(CC)N(C)C=O. The minimum Gasteiger partial charge on any atom is -0.291 e. The fourth-order valence-electron chi connectivity index (χ4n) is 0.711. The first-order chi connectivity index (χ1) is 5.60. The number of nitrogens with zero attached hydrogens (tertiary/aromatic N) is 1. The average Bonchev–Trinajstić information content (AvgIpc) is 2.12. The fraction of sp³-hybridized carbons (Fsp3) is 0.857. The number of hydrogen-bond acceptors (Lipinski definition) is 3. The molecule has 0 aromatic carbocycles. The lowest BCUT2D eigenvalue weighted by atomic mass is 10.6. The first-order valence-electron chi connectivity index (χ1n) is 4.03. The lowest BCUT2D eigenvalue weighted by Gasteiger charge is -2.22.